The van der Waals surface area contributed by atoms with Gasteiger partial charge in [0.05, 0.1) is 30.4 Å². The molecule has 2 aliphatic rings. The van der Waals surface area contributed by atoms with E-state index in [0.717, 1.165) is 21.5 Å². The molecule has 0 fully saturated rings. The number of thioether (sulfide) groups is 1. The highest BCUT2D eigenvalue weighted by Gasteiger charge is 2.49. The van der Waals surface area contributed by atoms with Crippen molar-refractivity contribution in [3.8, 4) is 0 Å². The summed E-state index contributed by atoms with van der Waals surface area (Å²) in [5, 5.41) is 4.74. The number of amides is 4. The van der Waals surface area contributed by atoms with Gasteiger partial charge in [0.1, 0.15) is 10.9 Å². The lowest BCUT2D eigenvalue weighted by molar-refractivity contribution is -0.407. The molecule has 31 heavy (non-hydrogen) atoms. The van der Waals surface area contributed by atoms with Gasteiger partial charge < -0.3 is 5.32 Å². The second kappa shape index (κ2) is 8.52. The molecule has 1 N–H and O–H groups in total. The number of hydrogen-bond donors (Lipinski definition) is 1. The number of amidine groups is 2. The van der Waals surface area contributed by atoms with Crippen molar-refractivity contribution in [3.05, 3.63) is 52.5 Å². The lowest BCUT2D eigenvalue weighted by Crippen LogP contribution is -2.54. The monoisotopic (exact) mass is 458 g/mol. The number of para-hydroxylation sites is 1. The second-order valence-corrected chi connectivity index (χ2v) is 8.65. The van der Waals surface area contributed by atoms with Gasteiger partial charge in [0.15, 0.2) is 5.92 Å². The van der Waals surface area contributed by atoms with Crippen LogP contribution >= 0.6 is 23.1 Å². The Morgan fingerprint density at radius 3 is 2.74 bits per heavy atom. The maximum atomic E-state index is 13.8. The van der Waals surface area contributed by atoms with Crippen molar-refractivity contribution in [2.75, 3.05) is 25.2 Å². The summed E-state index contributed by atoms with van der Waals surface area (Å²) in [5.41, 5.74) is 0.0746. The van der Waals surface area contributed by atoms with Crippen LogP contribution in [0.1, 0.15) is 4.88 Å². The zero-order valence-corrected chi connectivity index (χ0v) is 18.2. The summed E-state index contributed by atoms with van der Waals surface area (Å²) < 4.78 is 15.1. The Bertz CT molecular complexity index is 1170. The van der Waals surface area contributed by atoms with Crippen LogP contribution in [0.25, 0.3) is 0 Å². The summed E-state index contributed by atoms with van der Waals surface area (Å²) in [6.45, 7) is 0. The molecule has 158 valence electrons. The van der Waals surface area contributed by atoms with E-state index in [0.29, 0.717) is 10.9 Å². The first-order valence-electron chi connectivity index (χ1n) is 9.17. The van der Waals surface area contributed by atoms with Crippen molar-refractivity contribution in [1.29, 1.82) is 0 Å². The molecular formula is C20H17FN5O3S2+. The molecule has 2 aromatic rings. The third-order valence-electron chi connectivity index (χ3n) is 4.68. The third kappa shape index (κ3) is 4.06. The van der Waals surface area contributed by atoms with Crippen LogP contribution in [-0.4, -0.2) is 63.9 Å². The number of hydrogen-bond acceptors (Lipinski definition) is 7. The zero-order chi connectivity index (χ0) is 22.1. The van der Waals surface area contributed by atoms with Crippen LogP contribution in [0.5, 0.6) is 0 Å². The fraction of sp³-hybridized carbons (Fsp3) is 0.200. The Morgan fingerprint density at radius 2 is 2.03 bits per heavy atom. The molecular weight excluding hydrogens is 441 g/mol. The molecule has 11 heteroatoms. The minimum atomic E-state index is -0.886. The average Bonchev–Trinajstić information content (AvgIpc) is 3.31. The predicted octanol–water partition coefficient (Wildman–Crippen LogP) is 2.67. The number of fused-ring (bicyclic) bond motifs is 1. The topological polar surface area (TPSA) is 94.2 Å². The minimum absolute atomic E-state index is 0.0746. The van der Waals surface area contributed by atoms with E-state index in [1.165, 1.54) is 41.2 Å². The first kappa shape index (κ1) is 21.1. The van der Waals surface area contributed by atoms with Gasteiger partial charge in [-0.2, -0.15) is 9.48 Å². The largest absolute Gasteiger partial charge is 0.445 e. The summed E-state index contributed by atoms with van der Waals surface area (Å²) in [4.78, 5) is 48.4. The fourth-order valence-electron chi connectivity index (χ4n) is 3.09. The number of carbonyl (C=O) groups is 3. The first-order chi connectivity index (χ1) is 14.9. The summed E-state index contributed by atoms with van der Waals surface area (Å²) >= 11 is 2.48. The number of urea groups is 1. The quantitative estimate of drug-likeness (QED) is 0.713. The van der Waals surface area contributed by atoms with Gasteiger partial charge in [-0.15, -0.1) is 11.3 Å². The second-order valence-electron chi connectivity index (χ2n) is 6.71. The number of rotatable bonds is 4. The number of imide groups is 1. The Kier molecular flexibility index (Phi) is 5.79. The number of thiophene rings is 1. The molecule has 0 bridgehead atoms. The molecule has 4 amide bonds. The minimum Gasteiger partial charge on any atom is -0.323 e. The molecule has 1 atom stereocenters. The van der Waals surface area contributed by atoms with Gasteiger partial charge in [0, 0.05) is 0 Å². The van der Waals surface area contributed by atoms with E-state index >= 15 is 0 Å². The van der Waals surface area contributed by atoms with Crippen LogP contribution in [0.15, 0.2) is 51.8 Å². The number of anilines is 1. The van der Waals surface area contributed by atoms with Crippen LogP contribution < -0.4 is 5.32 Å². The molecule has 0 aliphatic carbocycles. The van der Waals surface area contributed by atoms with E-state index in [4.69, 9.17) is 0 Å². The van der Waals surface area contributed by atoms with Gasteiger partial charge in [0.25, 0.3) is 5.84 Å². The van der Waals surface area contributed by atoms with E-state index in [-0.39, 0.29) is 17.3 Å². The van der Waals surface area contributed by atoms with Gasteiger partial charge in [-0.25, -0.2) is 14.2 Å². The van der Waals surface area contributed by atoms with E-state index in [1.54, 1.807) is 13.1 Å². The molecule has 0 saturated carbocycles. The zero-order valence-electron chi connectivity index (χ0n) is 16.5. The van der Waals surface area contributed by atoms with E-state index in [2.05, 4.69) is 15.3 Å². The summed E-state index contributed by atoms with van der Waals surface area (Å²) in [5.74, 6) is -1.79. The van der Waals surface area contributed by atoms with Crippen molar-refractivity contribution in [1.82, 2.24) is 4.90 Å². The molecule has 1 aromatic heterocycles. The van der Waals surface area contributed by atoms with Crippen LogP contribution in [0.2, 0.25) is 0 Å². The van der Waals surface area contributed by atoms with Crippen LogP contribution in [0, 0.1) is 11.7 Å². The third-order valence-corrected chi connectivity index (χ3v) is 6.57. The highest BCUT2D eigenvalue weighted by atomic mass is 32.2. The molecule has 1 aromatic carbocycles. The molecule has 2 aliphatic heterocycles. The summed E-state index contributed by atoms with van der Waals surface area (Å²) in [7, 11) is 2.94. The van der Waals surface area contributed by atoms with Crippen LogP contribution in [0.4, 0.5) is 14.9 Å². The SMILES string of the molecule is CN1C(=O)C2C(SCC(=O)Nc3ccccc3F)=NC(c3cccs3)=NC2=[N+](C)C1=O. The van der Waals surface area contributed by atoms with Crippen molar-refractivity contribution in [2.24, 2.45) is 15.9 Å². The van der Waals surface area contributed by atoms with Gasteiger partial charge >= 0.3 is 11.9 Å². The number of benzene rings is 1. The molecule has 0 saturated heterocycles. The standard InChI is InChI=1S/C20H16FN5O3S2/c1-25-17-15(19(28)26(2)20(25)29)18(24-16(23-17)13-8-5-9-30-13)31-10-14(27)22-12-7-4-3-6-11(12)21/h3-9,15H,10H2,1-2H3/p+1. The average molecular weight is 459 g/mol. The smallest absolute Gasteiger partial charge is 0.323 e. The molecule has 1 unspecified atom stereocenters. The number of nitrogens with one attached hydrogen (secondary N) is 1. The Hall–Kier alpha value is -3.18. The molecule has 0 spiro atoms. The van der Waals surface area contributed by atoms with E-state index in [1.807, 2.05) is 17.5 Å². The number of halogens is 1. The maximum absolute atomic E-state index is 13.8. The first-order valence-corrected chi connectivity index (χ1v) is 11.0. The lowest BCUT2D eigenvalue weighted by Gasteiger charge is -2.26. The normalized spacial score (nSPS) is 18.5. The Labute approximate surface area is 185 Å². The summed E-state index contributed by atoms with van der Waals surface area (Å²) in [6, 6.07) is 9.05. The van der Waals surface area contributed by atoms with Crippen LogP contribution in [-0.2, 0) is 9.59 Å². The number of aliphatic imine (C=N–C) groups is 2. The van der Waals surface area contributed by atoms with Gasteiger partial charge in [-0.1, -0.05) is 35.0 Å². The molecule has 4 rings (SSSR count). The number of nitrogens with zero attached hydrogens (tertiary/aromatic N) is 4. The van der Waals surface area contributed by atoms with Crippen LogP contribution in [0.3, 0.4) is 0 Å². The molecule has 3 heterocycles. The van der Waals surface area contributed by atoms with Gasteiger partial charge in [-0.3, -0.25) is 9.59 Å². The highest BCUT2D eigenvalue weighted by Crippen LogP contribution is 2.27. The lowest BCUT2D eigenvalue weighted by atomic mass is 10.0. The van der Waals surface area contributed by atoms with Gasteiger partial charge in [0.2, 0.25) is 11.7 Å². The Balaban J connectivity index is 1.62. The van der Waals surface area contributed by atoms with Crippen molar-refractivity contribution < 1.29 is 23.3 Å². The predicted molar refractivity (Wildman–Crippen MR) is 119 cm³/mol. The molecule has 8 nitrogen and oxygen atoms in total. The summed E-state index contributed by atoms with van der Waals surface area (Å²) in [6.07, 6.45) is 0. The van der Waals surface area contributed by atoms with Crippen molar-refractivity contribution in [2.45, 2.75) is 0 Å². The fourth-order valence-corrected chi connectivity index (χ4v) is 4.63. The maximum Gasteiger partial charge on any atom is 0.445 e. The van der Waals surface area contributed by atoms with Gasteiger partial charge in [-0.05, 0) is 23.6 Å². The van der Waals surface area contributed by atoms with E-state index in [9.17, 15) is 18.8 Å². The highest BCUT2D eigenvalue weighted by molar-refractivity contribution is 8.14. The van der Waals surface area contributed by atoms with E-state index < -0.39 is 29.6 Å². The molecule has 0 radical (unpaired) electrons. The van der Waals surface area contributed by atoms with Crippen molar-refractivity contribution in [3.63, 3.8) is 0 Å². The number of carbonyl (C=O) groups excluding carboxylic acids is 3. The van der Waals surface area contributed by atoms with Crippen molar-refractivity contribution >= 4 is 63.3 Å². The Morgan fingerprint density at radius 1 is 1.26 bits per heavy atom.